The first-order valence-corrected chi connectivity index (χ1v) is 11.1. The summed E-state index contributed by atoms with van der Waals surface area (Å²) in [5.74, 6) is 1.14. The molecule has 0 amide bonds. The van der Waals surface area contributed by atoms with Gasteiger partial charge in [0.2, 0.25) is 0 Å². The number of likely N-dealkylation sites (N-methyl/N-ethyl adjacent to an activating group) is 1. The van der Waals surface area contributed by atoms with E-state index in [2.05, 4.69) is 4.72 Å². The van der Waals surface area contributed by atoms with Gasteiger partial charge in [0, 0.05) is 12.6 Å². The lowest BCUT2D eigenvalue weighted by molar-refractivity contribution is 0.261. The Hall–Kier alpha value is -1.96. The predicted octanol–water partition coefficient (Wildman–Crippen LogP) is 4.32. The van der Waals surface area contributed by atoms with Gasteiger partial charge in [-0.25, -0.2) is 8.42 Å². The predicted molar refractivity (Wildman–Crippen MR) is 118 cm³/mol. The Bertz CT molecular complexity index is 975. The number of nitrogens with zero attached hydrogens (tertiary/aromatic N) is 1. The second-order valence-corrected chi connectivity index (χ2v) is 9.29. The highest BCUT2D eigenvalue weighted by Crippen LogP contribution is 2.36. The lowest BCUT2D eigenvalue weighted by Gasteiger charge is -2.20. The summed E-state index contributed by atoms with van der Waals surface area (Å²) in [6.07, 6.45) is 0. The average molecular weight is 441 g/mol. The van der Waals surface area contributed by atoms with Gasteiger partial charge in [0.25, 0.3) is 10.0 Å². The molecule has 0 bridgehead atoms. The number of nitrogens with one attached hydrogen (secondary N) is 1. The number of hydrogen-bond acceptors (Lipinski definition) is 5. The molecule has 2 aromatic carbocycles. The number of halogens is 1. The van der Waals surface area contributed by atoms with Crippen molar-refractivity contribution in [2.75, 3.05) is 39.1 Å². The molecular formula is C21H29ClN2O4S. The fraction of sp³-hybridized carbons (Fsp3) is 0.429. The number of sulfonamides is 1. The molecule has 0 unspecified atom stereocenters. The van der Waals surface area contributed by atoms with Gasteiger partial charge in [0.05, 0.1) is 22.7 Å². The second-order valence-electron chi connectivity index (χ2n) is 7.26. The summed E-state index contributed by atoms with van der Waals surface area (Å²) >= 11 is 6.20. The van der Waals surface area contributed by atoms with Crippen LogP contribution in [-0.2, 0) is 10.0 Å². The van der Waals surface area contributed by atoms with Gasteiger partial charge in [0.15, 0.2) is 0 Å². The molecule has 1 N–H and O–H groups in total. The summed E-state index contributed by atoms with van der Waals surface area (Å²) in [7, 11) is 1.66. The minimum absolute atomic E-state index is 0.262. The van der Waals surface area contributed by atoms with Crippen LogP contribution in [-0.4, -0.2) is 47.7 Å². The van der Waals surface area contributed by atoms with Gasteiger partial charge in [-0.2, -0.15) is 0 Å². The molecular weight excluding hydrogens is 412 g/mol. The minimum atomic E-state index is -3.82. The van der Waals surface area contributed by atoms with E-state index in [-0.39, 0.29) is 4.90 Å². The zero-order valence-electron chi connectivity index (χ0n) is 18.0. The van der Waals surface area contributed by atoms with Crippen LogP contribution in [0.1, 0.15) is 22.3 Å². The molecule has 8 heteroatoms. The van der Waals surface area contributed by atoms with Gasteiger partial charge in [-0.15, -0.1) is 0 Å². The maximum absolute atomic E-state index is 13.2. The summed E-state index contributed by atoms with van der Waals surface area (Å²) < 4.78 is 40.2. The van der Waals surface area contributed by atoms with E-state index in [1.165, 1.54) is 0 Å². The summed E-state index contributed by atoms with van der Waals surface area (Å²) in [5, 5.41) is 0.426. The van der Waals surface area contributed by atoms with E-state index in [1.807, 2.05) is 32.8 Å². The molecule has 2 rings (SSSR count). The number of hydrogen-bond donors (Lipinski definition) is 1. The number of rotatable bonds is 8. The van der Waals surface area contributed by atoms with Gasteiger partial charge < -0.3 is 14.4 Å². The highest BCUT2D eigenvalue weighted by molar-refractivity contribution is 7.92. The van der Waals surface area contributed by atoms with Gasteiger partial charge >= 0.3 is 0 Å². The van der Waals surface area contributed by atoms with Crippen molar-refractivity contribution in [3.8, 4) is 11.5 Å². The first-order valence-electron chi connectivity index (χ1n) is 9.23. The molecule has 0 atom stereocenters. The van der Waals surface area contributed by atoms with Crippen molar-refractivity contribution in [3.05, 3.63) is 45.5 Å². The van der Waals surface area contributed by atoms with Crippen molar-refractivity contribution in [1.82, 2.24) is 4.90 Å². The molecule has 0 radical (unpaired) electrons. The Morgan fingerprint density at radius 2 is 1.62 bits per heavy atom. The van der Waals surface area contributed by atoms with Crippen LogP contribution >= 0.6 is 11.6 Å². The average Bonchev–Trinajstić information content (AvgIpc) is 2.62. The molecule has 6 nitrogen and oxygen atoms in total. The van der Waals surface area contributed by atoms with Crippen molar-refractivity contribution < 1.29 is 17.9 Å². The summed E-state index contributed by atoms with van der Waals surface area (Å²) in [4.78, 5) is 2.25. The summed E-state index contributed by atoms with van der Waals surface area (Å²) in [5.41, 5.74) is 3.32. The van der Waals surface area contributed by atoms with Gasteiger partial charge in [0.1, 0.15) is 18.1 Å². The van der Waals surface area contributed by atoms with Crippen LogP contribution in [0.4, 0.5) is 5.69 Å². The van der Waals surface area contributed by atoms with Crippen molar-refractivity contribution in [2.24, 2.45) is 0 Å². The first kappa shape index (κ1) is 23.3. The molecule has 0 saturated carbocycles. The largest absolute Gasteiger partial charge is 0.496 e. The van der Waals surface area contributed by atoms with Gasteiger partial charge in [-0.1, -0.05) is 11.6 Å². The third-order valence-corrected chi connectivity index (χ3v) is 6.91. The first-order chi connectivity index (χ1) is 13.5. The maximum atomic E-state index is 13.2. The second kappa shape index (κ2) is 9.24. The topological polar surface area (TPSA) is 67.9 Å². The van der Waals surface area contributed by atoms with Gasteiger partial charge in [-0.05, 0) is 76.2 Å². The third kappa shape index (κ3) is 5.15. The summed E-state index contributed by atoms with van der Waals surface area (Å²) in [6.45, 7) is 8.46. The van der Waals surface area contributed by atoms with Gasteiger partial charge in [-0.3, -0.25) is 4.72 Å². The van der Waals surface area contributed by atoms with E-state index in [0.717, 1.165) is 17.7 Å². The van der Waals surface area contributed by atoms with Crippen LogP contribution in [0.25, 0.3) is 0 Å². The van der Waals surface area contributed by atoms with E-state index in [4.69, 9.17) is 21.1 Å². The third-order valence-electron chi connectivity index (χ3n) is 4.94. The molecule has 160 valence electrons. The van der Waals surface area contributed by atoms with Crippen molar-refractivity contribution in [3.63, 3.8) is 0 Å². The lowest BCUT2D eigenvalue weighted by Crippen LogP contribution is -2.20. The molecule has 0 spiro atoms. The number of benzene rings is 2. The van der Waals surface area contributed by atoms with Crippen LogP contribution in [0.5, 0.6) is 11.5 Å². The van der Waals surface area contributed by atoms with Crippen molar-refractivity contribution >= 4 is 27.3 Å². The fourth-order valence-corrected chi connectivity index (χ4v) is 5.00. The van der Waals surface area contributed by atoms with Crippen LogP contribution in [0, 0.1) is 27.7 Å². The smallest absolute Gasteiger partial charge is 0.262 e. The molecule has 0 saturated heterocycles. The molecule has 0 heterocycles. The fourth-order valence-electron chi connectivity index (χ4n) is 3.17. The van der Waals surface area contributed by atoms with E-state index in [0.29, 0.717) is 39.9 Å². The van der Waals surface area contributed by atoms with Crippen molar-refractivity contribution in [2.45, 2.75) is 32.6 Å². The Kier molecular flexibility index (Phi) is 7.43. The van der Waals surface area contributed by atoms with Crippen LogP contribution in [0.3, 0.4) is 0 Å². The summed E-state index contributed by atoms with van der Waals surface area (Å²) in [6, 6.07) is 4.84. The number of methoxy groups -OCH3 is 1. The van der Waals surface area contributed by atoms with Crippen LogP contribution < -0.4 is 14.2 Å². The highest BCUT2D eigenvalue weighted by Gasteiger charge is 2.25. The molecule has 0 aromatic heterocycles. The molecule has 2 aromatic rings. The molecule has 29 heavy (non-hydrogen) atoms. The minimum Gasteiger partial charge on any atom is -0.496 e. The lowest BCUT2D eigenvalue weighted by atomic mass is 10.00. The molecule has 0 fully saturated rings. The van der Waals surface area contributed by atoms with E-state index in [9.17, 15) is 8.42 Å². The Morgan fingerprint density at radius 1 is 1.03 bits per heavy atom. The van der Waals surface area contributed by atoms with Crippen LogP contribution in [0.15, 0.2) is 23.1 Å². The Morgan fingerprint density at radius 3 is 2.14 bits per heavy atom. The monoisotopic (exact) mass is 440 g/mol. The van der Waals surface area contributed by atoms with Crippen LogP contribution in [0.2, 0.25) is 5.02 Å². The van der Waals surface area contributed by atoms with E-state index >= 15 is 0 Å². The Balaban J connectivity index is 2.40. The number of ether oxygens (including phenoxy) is 2. The van der Waals surface area contributed by atoms with E-state index in [1.54, 1.807) is 39.2 Å². The maximum Gasteiger partial charge on any atom is 0.262 e. The zero-order valence-corrected chi connectivity index (χ0v) is 19.6. The quantitative estimate of drug-likeness (QED) is 0.661. The van der Waals surface area contributed by atoms with Crippen molar-refractivity contribution in [1.29, 1.82) is 0 Å². The Labute approximate surface area is 178 Å². The zero-order chi connectivity index (χ0) is 21.9. The normalized spacial score (nSPS) is 11.6. The standard InChI is InChI=1S/C21H29ClN2O4S/c1-13-15(3)21(16(4)14(2)20(13)27-7)29(25,26)23-17-8-9-18(22)19(12-17)28-11-10-24(5)6/h8-9,12,23H,10-11H2,1-7H3. The highest BCUT2D eigenvalue weighted by atomic mass is 35.5. The SMILES string of the molecule is COc1c(C)c(C)c(S(=O)(=O)Nc2ccc(Cl)c(OCCN(C)C)c2)c(C)c1C. The molecule has 0 aliphatic carbocycles. The molecule has 0 aliphatic rings. The number of anilines is 1. The molecule has 0 aliphatic heterocycles. The van der Waals surface area contributed by atoms with E-state index < -0.39 is 10.0 Å².